The molecule has 1 rings (SSSR count). The van der Waals surface area contributed by atoms with Gasteiger partial charge in [0.25, 0.3) is 0 Å². The number of aryl methyl sites for hydroxylation is 1. The van der Waals surface area contributed by atoms with E-state index in [4.69, 9.17) is 9.84 Å². The van der Waals surface area contributed by atoms with Crippen molar-refractivity contribution in [1.82, 2.24) is 0 Å². The number of aliphatic hydroxyl groups is 1. The van der Waals surface area contributed by atoms with Crippen LogP contribution in [-0.2, 0) is 6.42 Å². The second kappa shape index (κ2) is 5.17. The minimum Gasteiger partial charge on any atom is -0.496 e. The maximum Gasteiger partial charge on any atom is 0.125 e. The molecule has 15 heavy (non-hydrogen) atoms. The summed E-state index contributed by atoms with van der Waals surface area (Å²) in [6.45, 7) is 6.41. The van der Waals surface area contributed by atoms with E-state index >= 15 is 0 Å². The Hall–Kier alpha value is -1.02. The topological polar surface area (TPSA) is 29.5 Å². The molecule has 84 valence electrons. The van der Waals surface area contributed by atoms with E-state index in [2.05, 4.69) is 26.0 Å². The number of ether oxygens (including phenoxy) is 1. The van der Waals surface area contributed by atoms with Crippen molar-refractivity contribution in [3.8, 4) is 5.75 Å². The first-order valence-corrected chi connectivity index (χ1v) is 5.34. The zero-order valence-electron chi connectivity index (χ0n) is 10.0. The number of benzene rings is 1. The molecule has 1 aromatic rings. The van der Waals surface area contributed by atoms with Crippen LogP contribution in [0.15, 0.2) is 12.1 Å². The van der Waals surface area contributed by atoms with E-state index in [1.165, 1.54) is 16.7 Å². The third-order valence-corrected chi connectivity index (χ3v) is 2.84. The van der Waals surface area contributed by atoms with E-state index in [0.717, 1.165) is 12.2 Å². The quantitative estimate of drug-likeness (QED) is 0.823. The van der Waals surface area contributed by atoms with Gasteiger partial charge in [-0.05, 0) is 42.9 Å². The normalized spacial score (nSPS) is 12.6. The van der Waals surface area contributed by atoms with Gasteiger partial charge in [0.15, 0.2) is 0 Å². The van der Waals surface area contributed by atoms with Crippen LogP contribution in [0.1, 0.15) is 23.6 Å². The first-order chi connectivity index (χ1) is 7.10. The van der Waals surface area contributed by atoms with Gasteiger partial charge in [-0.15, -0.1) is 0 Å². The molecule has 1 unspecified atom stereocenters. The minimum atomic E-state index is 0.218. The molecule has 1 atom stereocenters. The van der Waals surface area contributed by atoms with E-state index in [-0.39, 0.29) is 12.5 Å². The van der Waals surface area contributed by atoms with Crippen molar-refractivity contribution in [2.45, 2.75) is 27.2 Å². The smallest absolute Gasteiger partial charge is 0.125 e. The van der Waals surface area contributed by atoms with E-state index in [1.807, 2.05) is 6.92 Å². The maximum atomic E-state index is 9.04. The lowest BCUT2D eigenvalue weighted by Gasteiger charge is -2.15. The number of aliphatic hydroxyl groups excluding tert-OH is 1. The van der Waals surface area contributed by atoms with Crippen LogP contribution in [0.4, 0.5) is 0 Å². The van der Waals surface area contributed by atoms with Gasteiger partial charge in [-0.2, -0.15) is 0 Å². The Balaban J connectivity index is 3.02. The number of hydrogen-bond donors (Lipinski definition) is 1. The Bertz CT molecular complexity index is 332. The van der Waals surface area contributed by atoms with Crippen molar-refractivity contribution in [1.29, 1.82) is 0 Å². The summed E-state index contributed by atoms with van der Waals surface area (Å²) in [5, 5.41) is 9.04. The van der Waals surface area contributed by atoms with E-state index in [1.54, 1.807) is 7.11 Å². The molecule has 0 bridgehead atoms. The minimum absolute atomic E-state index is 0.218. The summed E-state index contributed by atoms with van der Waals surface area (Å²) in [7, 11) is 1.70. The third kappa shape index (κ3) is 2.72. The van der Waals surface area contributed by atoms with Gasteiger partial charge >= 0.3 is 0 Å². The fourth-order valence-corrected chi connectivity index (χ4v) is 1.73. The van der Waals surface area contributed by atoms with Gasteiger partial charge < -0.3 is 9.84 Å². The molecule has 0 fully saturated rings. The molecule has 2 nitrogen and oxygen atoms in total. The van der Waals surface area contributed by atoms with E-state index in [0.29, 0.717) is 0 Å². The zero-order valence-corrected chi connectivity index (χ0v) is 10.0. The number of hydrogen-bond acceptors (Lipinski definition) is 2. The predicted molar refractivity (Wildman–Crippen MR) is 62.4 cm³/mol. The van der Waals surface area contributed by atoms with Crippen molar-refractivity contribution in [3.05, 3.63) is 28.8 Å². The molecule has 0 aromatic heterocycles. The van der Waals surface area contributed by atoms with Gasteiger partial charge in [0.2, 0.25) is 0 Å². The van der Waals surface area contributed by atoms with E-state index in [9.17, 15) is 0 Å². The largest absolute Gasteiger partial charge is 0.496 e. The highest BCUT2D eigenvalue weighted by Gasteiger charge is 2.11. The van der Waals surface area contributed by atoms with Crippen LogP contribution in [0, 0.1) is 19.8 Å². The fraction of sp³-hybridized carbons (Fsp3) is 0.538. The Kier molecular flexibility index (Phi) is 4.15. The van der Waals surface area contributed by atoms with Crippen LogP contribution in [0.25, 0.3) is 0 Å². The summed E-state index contributed by atoms with van der Waals surface area (Å²) in [5.74, 6) is 1.25. The summed E-state index contributed by atoms with van der Waals surface area (Å²) in [6, 6.07) is 4.20. The fourth-order valence-electron chi connectivity index (χ4n) is 1.73. The van der Waals surface area contributed by atoms with Crippen molar-refractivity contribution in [2.75, 3.05) is 13.7 Å². The molecule has 0 saturated carbocycles. The standard InChI is InChI=1S/C13H20O2/c1-9(8-14)7-12-6-5-10(2)11(3)13(12)15-4/h5-6,9,14H,7-8H2,1-4H3. The summed E-state index contributed by atoms with van der Waals surface area (Å²) >= 11 is 0. The summed E-state index contributed by atoms with van der Waals surface area (Å²) in [4.78, 5) is 0. The summed E-state index contributed by atoms with van der Waals surface area (Å²) in [6.07, 6.45) is 0.862. The van der Waals surface area contributed by atoms with Crippen LogP contribution < -0.4 is 4.74 Å². The molecule has 1 aromatic carbocycles. The molecular formula is C13H20O2. The lowest BCUT2D eigenvalue weighted by molar-refractivity contribution is 0.236. The molecule has 0 aliphatic rings. The van der Waals surface area contributed by atoms with Crippen LogP contribution in [0.2, 0.25) is 0 Å². The summed E-state index contributed by atoms with van der Waals surface area (Å²) < 4.78 is 5.42. The average molecular weight is 208 g/mol. The lowest BCUT2D eigenvalue weighted by Crippen LogP contribution is -2.06. The Morgan fingerprint density at radius 1 is 1.33 bits per heavy atom. The van der Waals surface area contributed by atoms with Crippen molar-refractivity contribution >= 4 is 0 Å². The van der Waals surface area contributed by atoms with Crippen LogP contribution in [0.3, 0.4) is 0 Å². The highest BCUT2D eigenvalue weighted by Crippen LogP contribution is 2.27. The SMILES string of the molecule is COc1c(CC(C)CO)ccc(C)c1C. The molecule has 0 saturated heterocycles. The Morgan fingerprint density at radius 3 is 2.53 bits per heavy atom. The van der Waals surface area contributed by atoms with Gasteiger partial charge in [-0.25, -0.2) is 0 Å². The highest BCUT2D eigenvalue weighted by atomic mass is 16.5. The number of rotatable bonds is 4. The van der Waals surface area contributed by atoms with Crippen LogP contribution in [-0.4, -0.2) is 18.8 Å². The second-order valence-corrected chi connectivity index (χ2v) is 4.19. The van der Waals surface area contributed by atoms with Crippen molar-refractivity contribution in [2.24, 2.45) is 5.92 Å². The van der Waals surface area contributed by atoms with Crippen molar-refractivity contribution in [3.63, 3.8) is 0 Å². The zero-order chi connectivity index (χ0) is 11.4. The molecule has 0 spiro atoms. The highest BCUT2D eigenvalue weighted by molar-refractivity contribution is 5.45. The Morgan fingerprint density at radius 2 is 2.00 bits per heavy atom. The van der Waals surface area contributed by atoms with Gasteiger partial charge in [0, 0.05) is 6.61 Å². The maximum absolute atomic E-state index is 9.04. The first-order valence-electron chi connectivity index (χ1n) is 5.34. The predicted octanol–water partition coefficient (Wildman–Crippen LogP) is 2.48. The molecular weight excluding hydrogens is 188 g/mol. The molecule has 0 aliphatic heterocycles. The van der Waals surface area contributed by atoms with E-state index < -0.39 is 0 Å². The Labute approximate surface area is 91.9 Å². The van der Waals surface area contributed by atoms with Gasteiger partial charge in [0.1, 0.15) is 5.75 Å². The molecule has 0 radical (unpaired) electrons. The monoisotopic (exact) mass is 208 g/mol. The molecule has 1 N–H and O–H groups in total. The molecule has 0 heterocycles. The molecule has 2 heteroatoms. The van der Waals surface area contributed by atoms with Gasteiger partial charge in [0.05, 0.1) is 7.11 Å². The van der Waals surface area contributed by atoms with Gasteiger partial charge in [-0.1, -0.05) is 19.1 Å². The summed E-state index contributed by atoms with van der Waals surface area (Å²) in [5.41, 5.74) is 3.62. The van der Waals surface area contributed by atoms with Crippen molar-refractivity contribution < 1.29 is 9.84 Å². The van der Waals surface area contributed by atoms with Crippen LogP contribution in [0.5, 0.6) is 5.75 Å². The molecule has 0 amide bonds. The lowest BCUT2D eigenvalue weighted by atomic mass is 9.97. The molecule has 0 aliphatic carbocycles. The van der Waals surface area contributed by atoms with Crippen LogP contribution >= 0.6 is 0 Å². The number of methoxy groups -OCH3 is 1. The third-order valence-electron chi connectivity index (χ3n) is 2.84. The second-order valence-electron chi connectivity index (χ2n) is 4.19. The average Bonchev–Trinajstić information content (AvgIpc) is 2.24. The van der Waals surface area contributed by atoms with Gasteiger partial charge in [-0.3, -0.25) is 0 Å². The first kappa shape index (κ1) is 12.1.